The Balaban J connectivity index is 1.62. The molecule has 0 aliphatic heterocycles. The molecule has 4 heteroatoms. The molecule has 26 heavy (non-hydrogen) atoms. The average molecular weight is 365 g/mol. The monoisotopic (exact) mass is 364 g/mol. The van der Waals surface area contributed by atoms with E-state index in [2.05, 4.69) is 24.5 Å². The van der Waals surface area contributed by atoms with Gasteiger partial charge in [0.1, 0.15) is 5.78 Å². The van der Waals surface area contributed by atoms with E-state index in [0.717, 1.165) is 57.5 Å². The summed E-state index contributed by atoms with van der Waals surface area (Å²) in [5.41, 5.74) is 0. The van der Waals surface area contributed by atoms with Crippen LogP contribution in [0.25, 0.3) is 0 Å². The van der Waals surface area contributed by atoms with Gasteiger partial charge in [-0.1, -0.05) is 27.7 Å². The Morgan fingerprint density at radius 2 is 1.27 bits per heavy atom. The van der Waals surface area contributed by atoms with Crippen molar-refractivity contribution in [3.63, 3.8) is 0 Å². The minimum Gasteiger partial charge on any atom is -0.356 e. The Morgan fingerprint density at radius 3 is 1.77 bits per heavy atom. The first-order chi connectivity index (χ1) is 12.4. The van der Waals surface area contributed by atoms with Crippen molar-refractivity contribution in [1.82, 2.24) is 10.6 Å². The number of Topliss-reactive ketones (excluding diaryl/α,β-unsaturated/α-hetero) is 1. The van der Waals surface area contributed by atoms with Gasteiger partial charge in [-0.25, -0.2) is 0 Å². The van der Waals surface area contributed by atoms with Gasteiger partial charge >= 0.3 is 0 Å². The summed E-state index contributed by atoms with van der Waals surface area (Å²) in [7, 11) is 0. The zero-order chi connectivity index (χ0) is 19.1. The molecule has 0 aromatic rings. The summed E-state index contributed by atoms with van der Waals surface area (Å²) >= 11 is 0. The molecule has 2 N–H and O–H groups in total. The molecule has 0 radical (unpaired) electrons. The highest BCUT2D eigenvalue weighted by Crippen LogP contribution is 2.31. The van der Waals surface area contributed by atoms with Gasteiger partial charge in [-0.3, -0.25) is 9.59 Å². The van der Waals surface area contributed by atoms with Gasteiger partial charge in [0.15, 0.2) is 0 Å². The lowest BCUT2D eigenvalue weighted by Gasteiger charge is -2.31. The largest absolute Gasteiger partial charge is 0.356 e. The second-order valence-corrected chi connectivity index (χ2v) is 9.30. The first-order valence-electron chi connectivity index (χ1n) is 10.9. The van der Waals surface area contributed by atoms with Crippen LogP contribution in [-0.2, 0) is 9.59 Å². The Kier molecular flexibility index (Phi) is 8.59. The Hall–Kier alpha value is -0.900. The van der Waals surface area contributed by atoms with Crippen molar-refractivity contribution in [2.24, 2.45) is 29.6 Å². The number of amides is 1. The molecule has 2 aliphatic rings. The molecular weight excluding hydrogens is 324 g/mol. The van der Waals surface area contributed by atoms with E-state index in [-0.39, 0.29) is 23.7 Å². The predicted molar refractivity (Wildman–Crippen MR) is 107 cm³/mol. The van der Waals surface area contributed by atoms with E-state index in [0.29, 0.717) is 17.7 Å². The standard InChI is InChI=1S/C22H40N2O2/c1-15(2)21(25)19-9-5-18(6-10-19)14-24-22(26)20-11-7-17(8-12-20)13-23-16(3)4/h15-20,23H,5-14H2,1-4H3,(H,24,26). The molecule has 2 saturated carbocycles. The van der Waals surface area contributed by atoms with Crippen LogP contribution < -0.4 is 10.6 Å². The van der Waals surface area contributed by atoms with Crippen LogP contribution in [-0.4, -0.2) is 30.8 Å². The second-order valence-electron chi connectivity index (χ2n) is 9.30. The first-order valence-corrected chi connectivity index (χ1v) is 10.9. The van der Waals surface area contributed by atoms with E-state index in [1.165, 1.54) is 12.8 Å². The Bertz CT molecular complexity index is 445. The highest BCUT2D eigenvalue weighted by atomic mass is 16.2. The molecule has 1 amide bonds. The number of carbonyl (C=O) groups is 2. The predicted octanol–water partition coefficient (Wildman–Crippen LogP) is 3.94. The third-order valence-corrected chi connectivity index (χ3v) is 6.42. The first kappa shape index (κ1) is 21.4. The summed E-state index contributed by atoms with van der Waals surface area (Å²) in [6.45, 7) is 10.3. The lowest BCUT2D eigenvalue weighted by molar-refractivity contribution is -0.128. The fraction of sp³-hybridized carbons (Fsp3) is 0.909. The second kappa shape index (κ2) is 10.4. The summed E-state index contributed by atoms with van der Waals surface area (Å²) in [4.78, 5) is 24.6. The average Bonchev–Trinajstić information content (AvgIpc) is 2.64. The highest BCUT2D eigenvalue weighted by Gasteiger charge is 2.29. The zero-order valence-electron chi connectivity index (χ0n) is 17.4. The molecule has 4 nitrogen and oxygen atoms in total. The maximum atomic E-state index is 12.5. The van der Waals surface area contributed by atoms with E-state index in [1.54, 1.807) is 0 Å². The molecule has 0 saturated heterocycles. The highest BCUT2D eigenvalue weighted by molar-refractivity contribution is 5.82. The van der Waals surface area contributed by atoms with E-state index in [4.69, 9.17) is 0 Å². The molecular formula is C22H40N2O2. The van der Waals surface area contributed by atoms with Crippen molar-refractivity contribution in [3.8, 4) is 0 Å². The molecule has 0 spiro atoms. The smallest absolute Gasteiger partial charge is 0.223 e. The summed E-state index contributed by atoms with van der Waals surface area (Å²) in [5.74, 6) is 2.61. The van der Waals surface area contributed by atoms with Crippen LogP contribution in [0.4, 0.5) is 0 Å². The zero-order valence-corrected chi connectivity index (χ0v) is 17.4. The van der Waals surface area contributed by atoms with Gasteiger partial charge in [0.25, 0.3) is 0 Å². The third kappa shape index (κ3) is 6.68. The van der Waals surface area contributed by atoms with Crippen molar-refractivity contribution in [2.75, 3.05) is 13.1 Å². The molecule has 0 aromatic heterocycles. The number of rotatable bonds is 8. The van der Waals surface area contributed by atoms with E-state index >= 15 is 0 Å². The molecule has 0 bridgehead atoms. The fourth-order valence-electron chi connectivity index (χ4n) is 4.54. The molecule has 0 aromatic carbocycles. The summed E-state index contributed by atoms with van der Waals surface area (Å²) in [6.07, 6.45) is 8.57. The van der Waals surface area contributed by atoms with Gasteiger partial charge in [-0.05, 0) is 69.7 Å². The molecule has 2 rings (SSSR count). The van der Waals surface area contributed by atoms with Crippen molar-refractivity contribution in [3.05, 3.63) is 0 Å². The van der Waals surface area contributed by atoms with Gasteiger partial charge in [0.05, 0.1) is 0 Å². The summed E-state index contributed by atoms with van der Waals surface area (Å²) in [6, 6.07) is 0.543. The molecule has 150 valence electrons. The lowest BCUT2D eigenvalue weighted by atomic mass is 9.77. The minimum atomic E-state index is 0.155. The number of ketones is 1. The maximum Gasteiger partial charge on any atom is 0.223 e. The Morgan fingerprint density at radius 1 is 0.769 bits per heavy atom. The van der Waals surface area contributed by atoms with Crippen LogP contribution in [0.1, 0.15) is 79.1 Å². The van der Waals surface area contributed by atoms with Crippen LogP contribution in [0.3, 0.4) is 0 Å². The van der Waals surface area contributed by atoms with E-state index in [9.17, 15) is 9.59 Å². The molecule has 0 unspecified atom stereocenters. The number of nitrogens with one attached hydrogen (secondary N) is 2. The maximum absolute atomic E-state index is 12.5. The summed E-state index contributed by atoms with van der Waals surface area (Å²) in [5, 5.41) is 6.74. The molecule has 0 atom stereocenters. The lowest BCUT2D eigenvalue weighted by Crippen LogP contribution is -2.38. The van der Waals surface area contributed by atoms with Gasteiger partial charge in [0, 0.05) is 30.3 Å². The topological polar surface area (TPSA) is 58.2 Å². The van der Waals surface area contributed by atoms with Gasteiger partial charge in [-0.15, -0.1) is 0 Å². The SMILES string of the molecule is CC(C)NCC1CCC(C(=O)NCC2CCC(C(=O)C(C)C)CC2)CC1. The fourth-order valence-corrected chi connectivity index (χ4v) is 4.54. The van der Waals surface area contributed by atoms with Crippen LogP contribution in [0, 0.1) is 29.6 Å². The minimum absolute atomic E-state index is 0.155. The normalized spacial score (nSPS) is 29.8. The van der Waals surface area contributed by atoms with Crippen LogP contribution in [0.5, 0.6) is 0 Å². The number of carbonyl (C=O) groups excluding carboxylic acids is 2. The van der Waals surface area contributed by atoms with Crippen LogP contribution in [0.2, 0.25) is 0 Å². The van der Waals surface area contributed by atoms with Crippen LogP contribution >= 0.6 is 0 Å². The Labute approximate surface area is 160 Å². The van der Waals surface area contributed by atoms with Crippen molar-refractivity contribution in [2.45, 2.75) is 85.1 Å². The van der Waals surface area contributed by atoms with Crippen LogP contribution in [0.15, 0.2) is 0 Å². The van der Waals surface area contributed by atoms with Crippen molar-refractivity contribution in [1.29, 1.82) is 0 Å². The number of hydrogen-bond donors (Lipinski definition) is 2. The quantitative estimate of drug-likeness (QED) is 0.686. The van der Waals surface area contributed by atoms with Crippen molar-refractivity contribution >= 4 is 11.7 Å². The summed E-state index contributed by atoms with van der Waals surface area (Å²) < 4.78 is 0. The number of hydrogen-bond acceptors (Lipinski definition) is 3. The van der Waals surface area contributed by atoms with Crippen molar-refractivity contribution < 1.29 is 9.59 Å². The van der Waals surface area contributed by atoms with Gasteiger partial charge in [0.2, 0.25) is 5.91 Å². The van der Waals surface area contributed by atoms with Gasteiger partial charge in [-0.2, -0.15) is 0 Å². The molecule has 2 aliphatic carbocycles. The molecule has 0 heterocycles. The molecule has 2 fully saturated rings. The van der Waals surface area contributed by atoms with E-state index < -0.39 is 0 Å². The van der Waals surface area contributed by atoms with Gasteiger partial charge < -0.3 is 10.6 Å². The van der Waals surface area contributed by atoms with E-state index in [1.807, 2.05) is 13.8 Å². The third-order valence-electron chi connectivity index (χ3n) is 6.42.